The zero-order chi connectivity index (χ0) is 36.5. The molecule has 4 rings (SSSR count). The lowest BCUT2D eigenvalue weighted by Gasteiger charge is -2.14. The molecule has 2 N–H and O–H groups in total. The highest BCUT2D eigenvalue weighted by molar-refractivity contribution is 5.88. The van der Waals surface area contributed by atoms with Gasteiger partial charge in [-0.15, -0.1) is 0 Å². The van der Waals surface area contributed by atoms with Crippen LogP contribution in [0.1, 0.15) is 24.0 Å². The summed E-state index contributed by atoms with van der Waals surface area (Å²) in [5, 5.41) is 5.45. The molecular formula is C39H52N2O11. The number of hydrogen-bond acceptors (Lipinski definition) is 11. The van der Waals surface area contributed by atoms with Gasteiger partial charge in [0.2, 0.25) is 5.91 Å². The lowest BCUT2D eigenvalue weighted by Crippen LogP contribution is -2.29. The summed E-state index contributed by atoms with van der Waals surface area (Å²) in [4.78, 5) is 23.3. The molecule has 0 spiro atoms. The molecule has 3 aromatic rings. The van der Waals surface area contributed by atoms with Crippen LogP contribution in [0.2, 0.25) is 0 Å². The smallest absolute Gasteiger partial charge is 0.407 e. The topological polar surface area (TPSA) is 141 Å². The van der Waals surface area contributed by atoms with Crippen LogP contribution in [0.3, 0.4) is 0 Å². The van der Waals surface area contributed by atoms with Crippen molar-refractivity contribution in [1.29, 1.82) is 0 Å². The Labute approximate surface area is 306 Å². The monoisotopic (exact) mass is 724 g/mol. The quantitative estimate of drug-likeness (QED) is 0.101. The molecule has 1 aliphatic carbocycles. The minimum absolute atomic E-state index is 0.0347. The van der Waals surface area contributed by atoms with E-state index < -0.39 is 6.09 Å². The highest BCUT2D eigenvalue weighted by Gasteiger charge is 2.28. The number of anilines is 1. The largest absolute Gasteiger partial charge is 0.491 e. The fourth-order valence-corrected chi connectivity index (χ4v) is 5.35. The van der Waals surface area contributed by atoms with E-state index in [9.17, 15) is 9.59 Å². The van der Waals surface area contributed by atoms with E-state index in [2.05, 4.69) is 34.9 Å². The van der Waals surface area contributed by atoms with Gasteiger partial charge in [0.1, 0.15) is 19.0 Å². The molecule has 0 fully saturated rings. The number of hydrogen-bond donors (Lipinski definition) is 2. The number of benzene rings is 3. The third kappa shape index (κ3) is 15.7. The van der Waals surface area contributed by atoms with Crippen molar-refractivity contribution >= 4 is 17.7 Å². The second kappa shape index (κ2) is 25.0. The van der Waals surface area contributed by atoms with Crippen molar-refractivity contribution in [1.82, 2.24) is 5.32 Å². The van der Waals surface area contributed by atoms with Crippen molar-refractivity contribution < 1.29 is 52.2 Å². The van der Waals surface area contributed by atoms with Crippen LogP contribution in [0.15, 0.2) is 72.8 Å². The van der Waals surface area contributed by atoms with Gasteiger partial charge in [-0.2, -0.15) is 0 Å². The van der Waals surface area contributed by atoms with Crippen molar-refractivity contribution in [3.8, 4) is 16.9 Å². The molecular weight excluding hydrogens is 672 g/mol. The summed E-state index contributed by atoms with van der Waals surface area (Å²) in [6, 6.07) is 23.7. The fraction of sp³-hybridized carbons (Fsp3) is 0.487. The Morgan fingerprint density at radius 2 is 0.962 bits per heavy atom. The first-order valence-corrected chi connectivity index (χ1v) is 17.8. The van der Waals surface area contributed by atoms with E-state index in [0.717, 1.165) is 5.69 Å². The van der Waals surface area contributed by atoms with Gasteiger partial charge in [0.15, 0.2) is 0 Å². The van der Waals surface area contributed by atoms with Crippen molar-refractivity contribution in [3.63, 3.8) is 0 Å². The lowest BCUT2D eigenvalue weighted by molar-refractivity contribution is -0.114. The predicted molar refractivity (Wildman–Crippen MR) is 195 cm³/mol. The SMILES string of the molecule is CC(=O)Nc1ccc(OCCOCCOCCOCCOCCOCCOCCOCCNC(=O)OCC2c3ccccc3-c3ccccc32)cc1. The van der Waals surface area contributed by atoms with E-state index >= 15 is 0 Å². The van der Waals surface area contributed by atoms with Crippen molar-refractivity contribution in [2.45, 2.75) is 12.8 Å². The summed E-state index contributed by atoms with van der Waals surface area (Å²) in [7, 11) is 0. The van der Waals surface area contributed by atoms with E-state index in [1.807, 2.05) is 24.3 Å². The molecule has 0 bridgehead atoms. The average Bonchev–Trinajstić information content (AvgIpc) is 3.47. The maximum Gasteiger partial charge on any atom is 0.407 e. The van der Waals surface area contributed by atoms with E-state index in [-0.39, 0.29) is 18.4 Å². The second-order valence-corrected chi connectivity index (χ2v) is 11.6. The van der Waals surface area contributed by atoms with Gasteiger partial charge in [0.25, 0.3) is 0 Å². The van der Waals surface area contributed by atoms with Crippen molar-refractivity contribution in [2.24, 2.45) is 0 Å². The van der Waals surface area contributed by atoms with Gasteiger partial charge in [-0.1, -0.05) is 48.5 Å². The van der Waals surface area contributed by atoms with Gasteiger partial charge in [-0.3, -0.25) is 4.79 Å². The van der Waals surface area contributed by atoms with Crippen molar-refractivity contribution in [3.05, 3.63) is 83.9 Å². The van der Waals surface area contributed by atoms with Crippen LogP contribution in [0.25, 0.3) is 11.1 Å². The van der Waals surface area contributed by atoms with Gasteiger partial charge < -0.3 is 53.3 Å². The molecule has 0 unspecified atom stereocenters. The minimum Gasteiger partial charge on any atom is -0.491 e. The molecule has 0 aliphatic heterocycles. The lowest BCUT2D eigenvalue weighted by atomic mass is 9.98. The zero-order valence-corrected chi connectivity index (χ0v) is 30.0. The van der Waals surface area contributed by atoms with E-state index in [4.69, 9.17) is 42.6 Å². The Kier molecular flexibility index (Phi) is 19.6. The molecule has 52 heavy (non-hydrogen) atoms. The third-order valence-electron chi connectivity index (χ3n) is 7.76. The molecule has 0 radical (unpaired) electrons. The van der Waals surface area contributed by atoms with Gasteiger partial charge in [0, 0.05) is 25.1 Å². The predicted octanol–water partition coefficient (Wildman–Crippen LogP) is 4.68. The molecule has 1 aliphatic rings. The summed E-state index contributed by atoms with van der Waals surface area (Å²) in [6.07, 6.45) is -0.455. The number of amides is 2. The van der Waals surface area contributed by atoms with E-state index in [1.165, 1.54) is 29.2 Å². The third-order valence-corrected chi connectivity index (χ3v) is 7.76. The average molecular weight is 725 g/mol. The number of carbonyl (C=O) groups is 2. The Bertz CT molecular complexity index is 1390. The van der Waals surface area contributed by atoms with Gasteiger partial charge in [-0.05, 0) is 46.5 Å². The van der Waals surface area contributed by atoms with Gasteiger partial charge >= 0.3 is 6.09 Å². The summed E-state index contributed by atoms with van der Waals surface area (Å²) >= 11 is 0. The van der Waals surface area contributed by atoms with Crippen LogP contribution in [0.5, 0.6) is 5.75 Å². The number of alkyl carbamates (subject to hydrolysis) is 1. The number of nitrogens with one attached hydrogen (secondary N) is 2. The Hall–Kier alpha value is -4.08. The number of ether oxygens (including phenoxy) is 9. The van der Waals surface area contributed by atoms with Crippen LogP contribution in [0, 0.1) is 0 Å². The summed E-state index contributed by atoms with van der Waals surface area (Å²) in [6.45, 7) is 8.94. The van der Waals surface area contributed by atoms with Crippen LogP contribution >= 0.6 is 0 Å². The normalized spacial score (nSPS) is 11.9. The molecule has 0 saturated carbocycles. The van der Waals surface area contributed by atoms with Crippen molar-refractivity contribution in [2.75, 3.05) is 118 Å². The maximum atomic E-state index is 12.2. The number of carbonyl (C=O) groups excluding carboxylic acids is 2. The molecule has 0 heterocycles. The first-order valence-electron chi connectivity index (χ1n) is 17.8. The first kappa shape index (κ1) is 40.7. The van der Waals surface area contributed by atoms with Gasteiger partial charge in [-0.25, -0.2) is 4.79 Å². The highest BCUT2D eigenvalue weighted by atomic mass is 16.6. The van der Waals surface area contributed by atoms with E-state index in [1.54, 1.807) is 24.3 Å². The van der Waals surface area contributed by atoms with Crippen LogP contribution < -0.4 is 15.4 Å². The second-order valence-electron chi connectivity index (χ2n) is 11.6. The molecule has 2 amide bonds. The van der Waals surface area contributed by atoms with Crippen LogP contribution in [0.4, 0.5) is 10.5 Å². The van der Waals surface area contributed by atoms with Crippen LogP contribution in [-0.4, -0.2) is 124 Å². The van der Waals surface area contributed by atoms with Gasteiger partial charge in [0.05, 0.1) is 92.5 Å². The minimum atomic E-state index is -0.455. The molecule has 0 saturated heterocycles. The summed E-state index contributed by atoms with van der Waals surface area (Å²) in [5.74, 6) is 0.635. The zero-order valence-electron chi connectivity index (χ0n) is 30.0. The molecule has 13 nitrogen and oxygen atoms in total. The maximum absolute atomic E-state index is 12.2. The first-order chi connectivity index (χ1) is 25.6. The fourth-order valence-electron chi connectivity index (χ4n) is 5.35. The van der Waals surface area contributed by atoms with Crippen LogP contribution in [-0.2, 0) is 42.7 Å². The summed E-state index contributed by atoms with van der Waals surface area (Å²) in [5.41, 5.74) is 5.49. The Morgan fingerprint density at radius 3 is 1.42 bits per heavy atom. The Morgan fingerprint density at radius 1 is 0.538 bits per heavy atom. The molecule has 3 aromatic carbocycles. The number of rotatable bonds is 28. The highest BCUT2D eigenvalue weighted by Crippen LogP contribution is 2.44. The number of fused-ring (bicyclic) bond motifs is 3. The molecule has 0 atom stereocenters. The Balaban J connectivity index is 0.826. The summed E-state index contributed by atoms with van der Waals surface area (Å²) < 4.78 is 49.7. The van der Waals surface area contributed by atoms with E-state index in [0.29, 0.717) is 111 Å². The molecule has 13 heteroatoms. The molecule has 0 aromatic heterocycles. The standard InChI is InChI=1S/C39H52N2O11/c1-31(42)41-32-10-12-33(13-11-32)51-29-28-50-27-26-49-25-24-48-23-22-47-21-20-46-19-18-45-17-16-44-15-14-40-39(43)52-30-38-36-8-4-2-6-34(36)35-7-3-5-9-37(35)38/h2-13,38H,14-30H2,1H3,(H,40,43)(H,41,42). The molecule has 284 valence electrons.